The van der Waals surface area contributed by atoms with Crippen LogP contribution in [-0.4, -0.2) is 17.7 Å². The fourth-order valence-electron chi connectivity index (χ4n) is 1.72. The van der Waals surface area contributed by atoms with Gasteiger partial charge in [-0.2, -0.15) is 5.26 Å². The Morgan fingerprint density at radius 1 is 1.59 bits per heavy atom. The third kappa shape index (κ3) is 1.76. The van der Waals surface area contributed by atoms with E-state index in [1.165, 1.54) is 12.1 Å². The van der Waals surface area contributed by atoms with E-state index in [1.54, 1.807) is 25.1 Å². The molecule has 1 N–H and O–H groups in total. The van der Waals surface area contributed by atoms with Crippen LogP contribution in [-0.2, 0) is 9.53 Å². The predicted octanol–water partition coefficient (Wildman–Crippen LogP) is 1.86. The molecule has 0 saturated heterocycles. The first-order valence-electron chi connectivity index (χ1n) is 5.25. The molecule has 4 heteroatoms. The minimum atomic E-state index is -1.26. The number of phenolic OH excluding ortho intramolecular Hbond substituents is 1. The third-order valence-corrected chi connectivity index (χ3v) is 2.63. The molecule has 1 aromatic carbocycles. The Morgan fingerprint density at radius 2 is 2.35 bits per heavy atom. The molecule has 86 valence electrons. The van der Waals surface area contributed by atoms with E-state index >= 15 is 0 Å². The van der Waals surface area contributed by atoms with E-state index in [-0.39, 0.29) is 12.4 Å². The van der Waals surface area contributed by atoms with E-state index < -0.39 is 11.4 Å². The molecule has 0 heterocycles. The van der Waals surface area contributed by atoms with Crippen LogP contribution in [0.5, 0.6) is 5.75 Å². The number of nitriles is 1. The molecule has 0 amide bonds. The first-order valence-corrected chi connectivity index (χ1v) is 5.25. The number of hydrogen-bond donors (Lipinski definition) is 1. The molecule has 0 bridgehead atoms. The molecule has 1 aliphatic carbocycles. The maximum Gasteiger partial charge on any atom is 0.335 e. The average Bonchev–Trinajstić information content (AvgIpc) is 3.05. The average molecular weight is 229 g/mol. The van der Waals surface area contributed by atoms with Gasteiger partial charge in [-0.25, -0.2) is 4.79 Å². The van der Waals surface area contributed by atoms with Gasteiger partial charge in [0.1, 0.15) is 5.75 Å². The summed E-state index contributed by atoms with van der Waals surface area (Å²) in [6.45, 7) is 1.93. The van der Waals surface area contributed by atoms with E-state index in [4.69, 9.17) is 10.00 Å². The van der Waals surface area contributed by atoms with E-state index in [2.05, 4.69) is 0 Å². The van der Waals surface area contributed by atoms with Gasteiger partial charge in [0.2, 0.25) is 0 Å². The molecule has 0 radical (unpaired) electrons. The number of esters is 1. The molecule has 1 aromatic rings. The molecule has 1 aliphatic rings. The molecule has 17 heavy (non-hydrogen) atoms. The van der Waals surface area contributed by atoms with Gasteiger partial charge < -0.3 is 9.84 Å². The number of rotatable bonds is 3. The fraction of sp³-hybridized carbons (Fsp3) is 0.231. The lowest BCUT2D eigenvalue weighted by atomic mass is 9.98. The second kappa shape index (κ2) is 3.95. The van der Waals surface area contributed by atoms with Crippen LogP contribution in [0.2, 0.25) is 0 Å². The number of aromatic hydroxyl groups is 1. The standard InChI is InChI=1S/C13H11NO3/c1-2-17-12(16)13(8-14)7-11(13)9-4-3-5-10(15)6-9/h3-7,15H,2H2,1H3. The molecular weight excluding hydrogens is 218 g/mol. The largest absolute Gasteiger partial charge is 0.508 e. The first kappa shape index (κ1) is 11.2. The minimum absolute atomic E-state index is 0.103. The highest BCUT2D eigenvalue weighted by Gasteiger charge is 2.53. The Labute approximate surface area is 98.8 Å². The smallest absolute Gasteiger partial charge is 0.335 e. The summed E-state index contributed by atoms with van der Waals surface area (Å²) in [5.41, 5.74) is -0.00183. The molecular formula is C13H11NO3. The Hall–Kier alpha value is -2.28. The third-order valence-electron chi connectivity index (χ3n) is 2.63. The summed E-state index contributed by atoms with van der Waals surface area (Å²) in [5.74, 6) is -0.452. The lowest BCUT2D eigenvalue weighted by Crippen LogP contribution is -2.20. The van der Waals surface area contributed by atoms with Gasteiger partial charge in [0.25, 0.3) is 0 Å². The van der Waals surface area contributed by atoms with Gasteiger partial charge >= 0.3 is 5.97 Å². The summed E-state index contributed by atoms with van der Waals surface area (Å²) in [4.78, 5) is 11.7. The highest BCUT2D eigenvalue weighted by molar-refractivity contribution is 6.09. The monoisotopic (exact) mass is 229 g/mol. The van der Waals surface area contributed by atoms with Crippen LogP contribution in [0.1, 0.15) is 12.5 Å². The number of hydrogen-bond acceptors (Lipinski definition) is 4. The Kier molecular flexibility index (Phi) is 2.60. The quantitative estimate of drug-likeness (QED) is 0.803. The number of ether oxygens (including phenoxy) is 1. The molecule has 0 saturated carbocycles. The Bertz CT molecular complexity index is 542. The molecule has 0 spiro atoms. The second-order valence-corrected chi connectivity index (χ2v) is 3.75. The van der Waals surface area contributed by atoms with E-state index in [1.807, 2.05) is 6.07 Å². The molecule has 2 rings (SSSR count). The van der Waals surface area contributed by atoms with Crippen molar-refractivity contribution < 1.29 is 14.6 Å². The van der Waals surface area contributed by atoms with Crippen LogP contribution >= 0.6 is 0 Å². The number of benzene rings is 1. The summed E-state index contributed by atoms with van der Waals surface area (Å²) >= 11 is 0. The van der Waals surface area contributed by atoms with Crippen LogP contribution in [0.25, 0.3) is 5.57 Å². The van der Waals surface area contributed by atoms with Gasteiger partial charge in [-0.15, -0.1) is 0 Å². The summed E-state index contributed by atoms with van der Waals surface area (Å²) in [6.07, 6.45) is 1.56. The zero-order chi connectivity index (χ0) is 12.5. The van der Waals surface area contributed by atoms with Crippen LogP contribution < -0.4 is 0 Å². The van der Waals surface area contributed by atoms with E-state index in [0.29, 0.717) is 11.1 Å². The summed E-state index contributed by atoms with van der Waals surface area (Å²) < 4.78 is 4.87. The highest BCUT2D eigenvalue weighted by Crippen LogP contribution is 2.51. The fourth-order valence-corrected chi connectivity index (χ4v) is 1.72. The molecule has 1 atom stereocenters. The SMILES string of the molecule is CCOC(=O)C1(C#N)C=C1c1cccc(O)c1. The van der Waals surface area contributed by atoms with Crippen molar-refractivity contribution in [3.63, 3.8) is 0 Å². The van der Waals surface area contributed by atoms with Crippen LogP contribution in [0.15, 0.2) is 30.3 Å². The van der Waals surface area contributed by atoms with Crippen molar-refractivity contribution in [2.24, 2.45) is 5.41 Å². The van der Waals surface area contributed by atoms with E-state index in [0.717, 1.165) is 0 Å². The lowest BCUT2D eigenvalue weighted by molar-refractivity contribution is -0.146. The molecule has 4 nitrogen and oxygen atoms in total. The molecule has 0 fully saturated rings. The maximum absolute atomic E-state index is 11.7. The molecule has 0 aliphatic heterocycles. The van der Waals surface area contributed by atoms with Crippen molar-refractivity contribution in [2.45, 2.75) is 6.92 Å². The van der Waals surface area contributed by atoms with Gasteiger partial charge in [0, 0.05) is 0 Å². The summed E-state index contributed by atoms with van der Waals surface area (Å²) in [6, 6.07) is 8.41. The highest BCUT2D eigenvalue weighted by atomic mass is 16.5. The van der Waals surface area contributed by atoms with Crippen molar-refractivity contribution in [1.29, 1.82) is 5.26 Å². The molecule has 0 aromatic heterocycles. The van der Waals surface area contributed by atoms with Gasteiger partial charge in [0.05, 0.1) is 12.7 Å². The van der Waals surface area contributed by atoms with Crippen molar-refractivity contribution >= 4 is 11.5 Å². The van der Waals surface area contributed by atoms with Gasteiger partial charge in [0.15, 0.2) is 5.41 Å². The number of carbonyl (C=O) groups excluding carboxylic acids is 1. The van der Waals surface area contributed by atoms with Gasteiger partial charge in [-0.1, -0.05) is 12.1 Å². The number of carbonyl (C=O) groups is 1. The Balaban J connectivity index is 2.25. The van der Waals surface area contributed by atoms with Crippen molar-refractivity contribution in [2.75, 3.05) is 6.61 Å². The lowest BCUT2D eigenvalue weighted by Gasteiger charge is -2.08. The second-order valence-electron chi connectivity index (χ2n) is 3.75. The van der Waals surface area contributed by atoms with Crippen molar-refractivity contribution in [3.05, 3.63) is 35.9 Å². The summed E-state index contributed by atoms with van der Waals surface area (Å²) in [5, 5.41) is 18.4. The first-order chi connectivity index (χ1) is 8.14. The maximum atomic E-state index is 11.7. The zero-order valence-corrected chi connectivity index (χ0v) is 9.30. The number of nitrogens with zero attached hydrogens (tertiary/aromatic N) is 1. The summed E-state index contributed by atoms with van der Waals surface area (Å²) in [7, 11) is 0. The van der Waals surface area contributed by atoms with Gasteiger partial charge in [-0.05, 0) is 36.3 Å². The van der Waals surface area contributed by atoms with Crippen molar-refractivity contribution in [3.8, 4) is 11.8 Å². The predicted molar refractivity (Wildman–Crippen MR) is 60.8 cm³/mol. The normalized spacial score (nSPS) is 21.3. The number of phenols is 1. The topological polar surface area (TPSA) is 70.3 Å². The van der Waals surface area contributed by atoms with Crippen LogP contribution in [0.4, 0.5) is 0 Å². The Morgan fingerprint density at radius 3 is 2.94 bits per heavy atom. The molecule has 1 unspecified atom stereocenters. The van der Waals surface area contributed by atoms with Crippen LogP contribution in [0.3, 0.4) is 0 Å². The minimum Gasteiger partial charge on any atom is -0.508 e. The zero-order valence-electron chi connectivity index (χ0n) is 9.30. The van der Waals surface area contributed by atoms with E-state index in [9.17, 15) is 9.90 Å². The van der Waals surface area contributed by atoms with Crippen molar-refractivity contribution in [1.82, 2.24) is 0 Å². The van der Waals surface area contributed by atoms with Gasteiger partial charge in [-0.3, -0.25) is 0 Å². The van der Waals surface area contributed by atoms with Crippen LogP contribution in [0, 0.1) is 16.7 Å².